The zero-order valence-electron chi connectivity index (χ0n) is 22.5. The van der Waals surface area contributed by atoms with E-state index in [4.69, 9.17) is 17.7 Å². The normalized spacial score (nSPS) is 17.9. The van der Waals surface area contributed by atoms with Crippen molar-refractivity contribution in [1.29, 1.82) is 0 Å². The van der Waals surface area contributed by atoms with Crippen LogP contribution in [0.15, 0.2) is 36.4 Å². The zero-order valence-corrected chi connectivity index (χ0v) is 17.3. The number of fused-ring (bicyclic) bond motifs is 1. The summed E-state index contributed by atoms with van der Waals surface area (Å²) in [5.41, 5.74) is -0.200. The summed E-state index contributed by atoms with van der Waals surface area (Å²) >= 11 is 0. The van der Waals surface area contributed by atoms with E-state index in [1.165, 1.54) is 31.2 Å². The minimum Gasteiger partial charge on any atom is -0.493 e. The van der Waals surface area contributed by atoms with Crippen molar-refractivity contribution < 1.29 is 40.5 Å². The average Bonchev–Trinajstić information content (AvgIpc) is 2.95. The van der Waals surface area contributed by atoms with Gasteiger partial charge in [0, 0.05) is 13.2 Å². The largest absolute Gasteiger partial charge is 0.493 e. The van der Waals surface area contributed by atoms with Gasteiger partial charge in [-0.05, 0) is 29.8 Å². The molecule has 0 saturated carbocycles. The molecule has 1 heterocycles. The van der Waals surface area contributed by atoms with E-state index in [2.05, 4.69) is 5.32 Å². The number of ether oxygens (including phenoxy) is 2. The van der Waals surface area contributed by atoms with Gasteiger partial charge in [-0.1, -0.05) is 12.1 Å². The van der Waals surface area contributed by atoms with Crippen LogP contribution in [-0.2, 0) is 14.6 Å². The van der Waals surface area contributed by atoms with Crippen molar-refractivity contribution in [3.63, 3.8) is 0 Å². The summed E-state index contributed by atoms with van der Waals surface area (Å²) in [4.78, 5) is 39.0. The number of amides is 3. The van der Waals surface area contributed by atoms with Crippen LogP contribution in [0.3, 0.4) is 0 Å². The second-order valence-electron chi connectivity index (χ2n) is 6.91. The number of sulfone groups is 1. The first kappa shape index (κ1) is 15.4. The molecule has 0 saturated heterocycles. The number of imide groups is 1. The summed E-state index contributed by atoms with van der Waals surface area (Å²) < 4.78 is 78.3. The third kappa shape index (κ3) is 4.38. The van der Waals surface area contributed by atoms with Crippen LogP contribution in [0.1, 0.15) is 47.5 Å². The van der Waals surface area contributed by atoms with Crippen LogP contribution in [-0.4, -0.2) is 57.1 Å². The van der Waals surface area contributed by atoms with Crippen molar-refractivity contribution in [3.8, 4) is 11.5 Å². The molecule has 3 rings (SSSR count). The second kappa shape index (κ2) is 8.38. The minimum absolute atomic E-state index is 0.0434. The highest BCUT2D eigenvalue weighted by atomic mass is 32.2. The molecule has 0 aromatic heterocycles. The molecule has 1 N–H and O–H groups in total. The molecule has 0 spiro atoms. The number of rotatable bonds is 7. The smallest absolute Gasteiger partial charge is 0.264 e. The molecule has 0 bridgehead atoms. The van der Waals surface area contributed by atoms with E-state index in [1.807, 2.05) is 0 Å². The monoisotopic (exact) mass is 452 g/mol. The second-order valence-corrected chi connectivity index (χ2v) is 9.09. The molecule has 0 aliphatic carbocycles. The summed E-state index contributed by atoms with van der Waals surface area (Å²) in [5, 5.41) is 2.46. The lowest BCUT2D eigenvalue weighted by Gasteiger charge is -2.26. The third-order valence-corrected chi connectivity index (χ3v) is 5.52. The number of hydrogen-bond acceptors (Lipinski definition) is 7. The van der Waals surface area contributed by atoms with Crippen LogP contribution in [0.5, 0.6) is 11.5 Å². The van der Waals surface area contributed by atoms with Gasteiger partial charge in [-0.2, -0.15) is 0 Å². The molecule has 1 atom stereocenters. The van der Waals surface area contributed by atoms with Crippen molar-refractivity contribution in [2.45, 2.75) is 13.0 Å². The number of nitrogens with one attached hydrogen (secondary N) is 1. The predicted octanol–water partition coefficient (Wildman–Crippen LogP) is 2.04. The number of methoxy groups -OCH3 is 2. The lowest BCUT2D eigenvalue weighted by molar-refractivity contribution is -0.114. The van der Waals surface area contributed by atoms with Gasteiger partial charge in [0.2, 0.25) is 5.91 Å². The molecule has 2 aromatic carbocycles. The molecular formula is C21H22N2O7S. The highest BCUT2D eigenvalue weighted by molar-refractivity contribution is 7.90. The van der Waals surface area contributed by atoms with Gasteiger partial charge in [-0.25, -0.2) is 8.42 Å². The van der Waals surface area contributed by atoms with Gasteiger partial charge >= 0.3 is 0 Å². The number of hydrogen-bond donors (Lipinski definition) is 1. The number of benzene rings is 2. The fourth-order valence-corrected chi connectivity index (χ4v) is 4.30. The van der Waals surface area contributed by atoms with Crippen molar-refractivity contribution in [1.82, 2.24) is 4.90 Å². The van der Waals surface area contributed by atoms with Crippen molar-refractivity contribution in [2.24, 2.45) is 0 Å². The Morgan fingerprint density at radius 3 is 2.48 bits per heavy atom. The Morgan fingerprint density at radius 1 is 1.13 bits per heavy atom. The van der Waals surface area contributed by atoms with Gasteiger partial charge in [-0.15, -0.1) is 0 Å². The van der Waals surface area contributed by atoms with Crippen molar-refractivity contribution in [2.75, 3.05) is 31.4 Å². The fraction of sp³-hybridized carbons (Fsp3) is 0.286. The SMILES string of the molecule is [2H]C([2H])([2H])Oc1ccc(C(CS(C)(=O)=O)N2C(=O)c3cccc(NC(C)=O)c3C2=O)cc1OC([2H])([2H])[2H]. The Balaban J connectivity index is 2.16. The predicted molar refractivity (Wildman–Crippen MR) is 113 cm³/mol. The first-order valence-corrected chi connectivity index (χ1v) is 10.9. The van der Waals surface area contributed by atoms with E-state index in [9.17, 15) is 22.8 Å². The van der Waals surface area contributed by atoms with Crippen molar-refractivity contribution >= 4 is 33.2 Å². The highest BCUT2D eigenvalue weighted by Gasteiger charge is 2.43. The van der Waals surface area contributed by atoms with Crippen LogP contribution in [0.4, 0.5) is 5.69 Å². The maximum Gasteiger partial charge on any atom is 0.264 e. The number of carbonyl (C=O) groups is 3. The number of nitrogens with zero attached hydrogens (tertiary/aromatic N) is 1. The number of anilines is 1. The Kier molecular flexibility index (Phi) is 4.17. The Hall–Kier alpha value is -3.40. The van der Waals surface area contributed by atoms with Gasteiger partial charge < -0.3 is 14.8 Å². The van der Waals surface area contributed by atoms with Crippen LogP contribution >= 0.6 is 0 Å². The van der Waals surface area contributed by atoms with E-state index < -0.39 is 64.9 Å². The van der Waals surface area contributed by atoms with E-state index in [0.29, 0.717) is 4.90 Å². The standard InChI is InChI=1S/C21H22N2O7S/c1-12(24)22-15-7-5-6-14-19(15)21(26)23(20(14)25)16(11-31(4,27)28)13-8-9-17(29-2)18(10-13)30-3/h5-10,16H,11H2,1-4H3,(H,22,24)/i2D3,3D3. The quantitative estimate of drug-likeness (QED) is 0.639. The summed E-state index contributed by atoms with van der Waals surface area (Å²) in [6.07, 6.45) is 0.882. The highest BCUT2D eigenvalue weighted by Crippen LogP contribution is 2.38. The maximum absolute atomic E-state index is 13.4. The molecule has 0 fully saturated rings. The molecule has 164 valence electrons. The fourth-order valence-electron chi connectivity index (χ4n) is 3.38. The summed E-state index contributed by atoms with van der Waals surface area (Å²) in [5.74, 6) is -4.03. The summed E-state index contributed by atoms with van der Waals surface area (Å²) in [6.45, 7) is 1.21. The topological polar surface area (TPSA) is 119 Å². The van der Waals surface area contributed by atoms with Crippen LogP contribution < -0.4 is 14.8 Å². The maximum atomic E-state index is 13.4. The van der Waals surface area contributed by atoms with Crippen LogP contribution in [0.25, 0.3) is 0 Å². The molecule has 2 aromatic rings. The molecule has 0 radical (unpaired) electrons. The van der Waals surface area contributed by atoms with Gasteiger partial charge in [0.15, 0.2) is 11.5 Å². The van der Waals surface area contributed by atoms with Gasteiger partial charge in [0.25, 0.3) is 11.8 Å². The molecule has 1 aliphatic rings. The molecule has 31 heavy (non-hydrogen) atoms. The van der Waals surface area contributed by atoms with E-state index >= 15 is 0 Å². The van der Waals surface area contributed by atoms with Crippen LogP contribution in [0.2, 0.25) is 0 Å². The Bertz CT molecular complexity index is 1370. The Labute approximate surface area is 188 Å². The molecule has 1 unspecified atom stereocenters. The van der Waals surface area contributed by atoms with E-state index in [-0.39, 0.29) is 22.4 Å². The molecule has 10 heteroatoms. The van der Waals surface area contributed by atoms with E-state index in [1.54, 1.807) is 0 Å². The van der Waals surface area contributed by atoms with Gasteiger partial charge in [0.05, 0.1) is 50.9 Å². The first-order chi connectivity index (χ1) is 16.9. The summed E-state index contributed by atoms with van der Waals surface area (Å²) in [7, 11) is -9.86. The third-order valence-electron chi connectivity index (χ3n) is 4.60. The van der Waals surface area contributed by atoms with Crippen molar-refractivity contribution in [3.05, 3.63) is 53.1 Å². The lowest BCUT2D eigenvalue weighted by atomic mass is 10.1. The number of carbonyl (C=O) groups excluding carboxylic acids is 3. The van der Waals surface area contributed by atoms with Gasteiger partial charge in [0.1, 0.15) is 9.84 Å². The average molecular weight is 453 g/mol. The minimum atomic E-state index is -3.85. The molecule has 9 nitrogen and oxygen atoms in total. The molecule has 1 aliphatic heterocycles. The molecule has 3 amide bonds. The summed E-state index contributed by atoms with van der Waals surface area (Å²) in [6, 6.07) is 5.96. The molecular weight excluding hydrogens is 424 g/mol. The first-order valence-electron chi connectivity index (χ1n) is 11.8. The van der Waals surface area contributed by atoms with Crippen LogP contribution in [0, 0.1) is 0 Å². The van der Waals surface area contributed by atoms with E-state index in [0.717, 1.165) is 18.4 Å². The zero-order chi connectivity index (χ0) is 27.9. The Morgan fingerprint density at radius 2 is 1.84 bits per heavy atom. The lowest BCUT2D eigenvalue weighted by Crippen LogP contribution is -2.37. The van der Waals surface area contributed by atoms with Gasteiger partial charge in [-0.3, -0.25) is 19.3 Å².